The standard InChI is InChI=1S/C10H9NO/c1-2-5-10-11-8-6-3-4-7-9(8)12-10/h2-7H,1H3/b5-2+. The van der Waals surface area contributed by atoms with Crippen LogP contribution >= 0.6 is 0 Å². The van der Waals surface area contributed by atoms with Crippen molar-refractivity contribution >= 4 is 17.2 Å². The first-order chi connectivity index (χ1) is 5.90. The first kappa shape index (κ1) is 7.10. The summed E-state index contributed by atoms with van der Waals surface area (Å²) < 4.78 is 5.41. The average molecular weight is 159 g/mol. The normalized spacial score (nSPS) is 11.4. The van der Waals surface area contributed by atoms with Gasteiger partial charge in [0.2, 0.25) is 5.89 Å². The van der Waals surface area contributed by atoms with Crippen LogP contribution in [-0.2, 0) is 0 Å². The van der Waals surface area contributed by atoms with E-state index in [9.17, 15) is 0 Å². The zero-order valence-electron chi connectivity index (χ0n) is 6.82. The summed E-state index contributed by atoms with van der Waals surface area (Å²) in [5, 5.41) is 0. The number of aromatic nitrogens is 1. The van der Waals surface area contributed by atoms with Crippen molar-refractivity contribution in [3.8, 4) is 0 Å². The molecule has 0 radical (unpaired) electrons. The van der Waals surface area contributed by atoms with Crippen LogP contribution in [0.5, 0.6) is 0 Å². The highest BCUT2D eigenvalue weighted by atomic mass is 16.3. The van der Waals surface area contributed by atoms with Crippen molar-refractivity contribution in [3.63, 3.8) is 0 Å². The highest BCUT2D eigenvalue weighted by Gasteiger charge is 1.99. The van der Waals surface area contributed by atoms with Gasteiger partial charge in [-0.25, -0.2) is 4.98 Å². The molecule has 0 unspecified atom stereocenters. The molecule has 2 rings (SSSR count). The zero-order chi connectivity index (χ0) is 8.39. The molecule has 0 atom stereocenters. The van der Waals surface area contributed by atoms with E-state index in [0.29, 0.717) is 5.89 Å². The van der Waals surface area contributed by atoms with E-state index in [0.717, 1.165) is 11.1 Å². The number of nitrogens with zero attached hydrogens (tertiary/aromatic N) is 1. The number of fused-ring (bicyclic) bond motifs is 1. The molecule has 0 aliphatic heterocycles. The van der Waals surface area contributed by atoms with Crippen molar-refractivity contribution in [2.24, 2.45) is 0 Å². The van der Waals surface area contributed by atoms with Crippen molar-refractivity contribution in [1.82, 2.24) is 4.98 Å². The molecule has 0 N–H and O–H groups in total. The Balaban J connectivity index is 2.62. The Morgan fingerprint density at radius 3 is 2.92 bits per heavy atom. The molecule has 2 heteroatoms. The van der Waals surface area contributed by atoms with E-state index in [1.165, 1.54) is 0 Å². The van der Waals surface area contributed by atoms with Crippen LogP contribution in [0.15, 0.2) is 34.8 Å². The second-order valence-corrected chi connectivity index (χ2v) is 2.52. The molecule has 2 nitrogen and oxygen atoms in total. The number of allylic oxidation sites excluding steroid dienone is 1. The van der Waals surface area contributed by atoms with Crippen LogP contribution in [0.25, 0.3) is 17.2 Å². The SMILES string of the molecule is C/C=C/c1nc2ccccc2o1. The molecule has 0 bridgehead atoms. The van der Waals surface area contributed by atoms with E-state index >= 15 is 0 Å². The van der Waals surface area contributed by atoms with Gasteiger partial charge in [-0.2, -0.15) is 0 Å². The van der Waals surface area contributed by atoms with E-state index in [1.807, 2.05) is 43.3 Å². The Morgan fingerprint density at radius 2 is 2.17 bits per heavy atom. The summed E-state index contributed by atoms with van der Waals surface area (Å²) in [7, 11) is 0. The summed E-state index contributed by atoms with van der Waals surface area (Å²) in [5.74, 6) is 0.665. The Bertz CT molecular complexity index is 381. The van der Waals surface area contributed by atoms with Gasteiger partial charge < -0.3 is 4.42 Å². The first-order valence-electron chi connectivity index (χ1n) is 3.88. The fourth-order valence-corrected chi connectivity index (χ4v) is 1.10. The van der Waals surface area contributed by atoms with Gasteiger partial charge in [-0.1, -0.05) is 18.2 Å². The summed E-state index contributed by atoms with van der Waals surface area (Å²) in [4.78, 5) is 4.25. The molecule has 1 aromatic heterocycles. The highest BCUT2D eigenvalue weighted by Crippen LogP contribution is 2.14. The Labute approximate surface area is 70.5 Å². The predicted octanol–water partition coefficient (Wildman–Crippen LogP) is 2.86. The summed E-state index contributed by atoms with van der Waals surface area (Å²) in [6, 6.07) is 7.73. The molecule has 0 aliphatic carbocycles. The van der Waals surface area contributed by atoms with Gasteiger partial charge in [0.1, 0.15) is 5.52 Å². The summed E-state index contributed by atoms with van der Waals surface area (Å²) in [5.41, 5.74) is 1.75. The van der Waals surface area contributed by atoms with Gasteiger partial charge in [0.15, 0.2) is 5.58 Å². The lowest BCUT2D eigenvalue weighted by Crippen LogP contribution is -1.66. The Hall–Kier alpha value is -1.57. The Morgan fingerprint density at radius 1 is 1.33 bits per heavy atom. The highest BCUT2D eigenvalue weighted by molar-refractivity contribution is 5.73. The van der Waals surface area contributed by atoms with Gasteiger partial charge in [-0.15, -0.1) is 0 Å². The van der Waals surface area contributed by atoms with Crippen LogP contribution < -0.4 is 0 Å². The van der Waals surface area contributed by atoms with Gasteiger partial charge in [0.25, 0.3) is 0 Å². The minimum absolute atomic E-state index is 0.665. The molecule has 2 aromatic rings. The third kappa shape index (κ3) is 1.11. The monoisotopic (exact) mass is 159 g/mol. The van der Waals surface area contributed by atoms with Crippen LogP contribution in [0.1, 0.15) is 12.8 Å². The van der Waals surface area contributed by atoms with E-state index in [-0.39, 0.29) is 0 Å². The van der Waals surface area contributed by atoms with E-state index < -0.39 is 0 Å². The summed E-state index contributed by atoms with van der Waals surface area (Å²) in [6.07, 6.45) is 3.75. The van der Waals surface area contributed by atoms with Crippen molar-refractivity contribution in [2.75, 3.05) is 0 Å². The molecule has 0 saturated heterocycles. The molecule has 0 saturated carbocycles. The largest absolute Gasteiger partial charge is 0.437 e. The lowest BCUT2D eigenvalue weighted by molar-refractivity contribution is 0.589. The Kier molecular flexibility index (Phi) is 1.67. The van der Waals surface area contributed by atoms with Gasteiger partial charge in [-0.3, -0.25) is 0 Å². The van der Waals surface area contributed by atoms with Crippen LogP contribution in [0.2, 0.25) is 0 Å². The van der Waals surface area contributed by atoms with Crippen LogP contribution in [0, 0.1) is 0 Å². The van der Waals surface area contributed by atoms with Gasteiger partial charge in [0.05, 0.1) is 0 Å². The third-order valence-corrected chi connectivity index (χ3v) is 1.62. The van der Waals surface area contributed by atoms with Gasteiger partial charge >= 0.3 is 0 Å². The van der Waals surface area contributed by atoms with Gasteiger partial charge in [0, 0.05) is 0 Å². The van der Waals surface area contributed by atoms with Crippen molar-refractivity contribution in [2.45, 2.75) is 6.92 Å². The molecule has 60 valence electrons. The minimum Gasteiger partial charge on any atom is -0.437 e. The number of hydrogen-bond acceptors (Lipinski definition) is 2. The zero-order valence-corrected chi connectivity index (χ0v) is 6.82. The van der Waals surface area contributed by atoms with Crippen molar-refractivity contribution in [1.29, 1.82) is 0 Å². The van der Waals surface area contributed by atoms with Crippen LogP contribution in [0.4, 0.5) is 0 Å². The van der Waals surface area contributed by atoms with Crippen LogP contribution in [-0.4, -0.2) is 4.98 Å². The van der Waals surface area contributed by atoms with E-state index in [2.05, 4.69) is 4.98 Å². The number of oxazole rings is 1. The topological polar surface area (TPSA) is 26.0 Å². The lowest BCUT2D eigenvalue weighted by atomic mass is 10.3. The average Bonchev–Trinajstić information content (AvgIpc) is 2.47. The molecule has 0 amide bonds. The number of hydrogen-bond donors (Lipinski definition) is 0. The molecular formula is C10H9NO. The fourth-order valence-electron chi connectivity index (χ4n) is 1.10. The summed E-state index contributed by atoms with van der Waals surface area (Å²) >= 11 is 0. The van der Waals surface area contributed by atoms with Gasteiger partial charge in [-0.05, 0) is 25.1 Å². The lowest BCUT2D eigenvalue weighted by Gasteiger charge is -1.79. The molecule has 12 heavy (non-hydrogen) atoms. The maximum Gasteiger partial charge on any atom is 0.219 e. The molecule has 1 aromatic carbocycles. The molecule has 0 spiro atoms. The minimum atomic E-state index is 0.665. The second-order valence-electron chi connectivity index (χ2n) is 2.52. The van der Waals surface area contributed by atoms with E-state index in [1.54, 1.807) is 0 Å². The number of para-hydroxylation sites is 2. The molecule has 0 aliphatic rings. The molecular weight excluding hydrogens is 150 g/mol. The quantitative estimate of drug-likeness (QED) is 0.639. The number of rotatable bonds is 1. The van der Waals surface area contributed by atoms with Crippen molar-refractivity contribution < 1.29 is 4.42 Å². The molecule has 1 heterocycles. The first-order valence-corrected chi connectivity index (χ1v) is 3.88. The van der Waals surface area contributed by atoms with Crippen LogP contribution in [0.3, 0.4) is 0 Å². The number of benzene rings is 1. The maximum atomic E-state index is 5.41. The maximum absolute atomic E-state index is 5.41. The predicted molar refractivity (Wildman–Crippen MR) is 48.7 cm³/mol. The summed E-state index contributed by atoms with van der Waals surface area (Å²) in [6.45, 7) is 1.94. The molecule has 0 fully saturated rings. The second kappa shape index (κ2) is 2.81. The van der Waals surface area contributed by atoms with E-state index in [4.69, 9.17) is 4.42 Å². The third-order valence-electron chi connectivity index (χ3n) is 1.62. The smallest absolute Gasteiger partial charge is 0.219 e. The van der Waals surface area contributed by atoms with Crippen molar-refractivity contribution in [3.05, 3.63) is 36.2 Å². The fraction of sp³-hybridized carbons (Fsp3) is 0.100.